The Kier molecular flexibility index (Phi) is 4.46. The number of rotatable bonds is 4. The summed E-state index contributed by atoms with van der Waals surface area (Å²) in [5, 5.41) is 0.468. The zero-order chi connectivity index (χ0) is 15.6. The lowest BCUT2D eigenvalue weighted by atomic mass is 10.2. The van der Waals surface area contributed by atoms with Crippen molar-refractivity contribution in [3.8, 4) is 0 Å². The molecule has 0 spiro atoms. The van der Waals surface area contributed by atoms with Crippen LogP contribution in [0.5, 0.6) is 0 Å². The van der Waals surface area contributed by atoms with Crippen LogP contribution >= 0.6 is 23.8 Å². The van der Waals surface area contributed by atoms with Gasteiger partial charge in [-0.3, -0.25) is 9.71 Å². The number of sulfonamides is 1. The number of thiocarbonyl (C=S) groups is 1. The van der Waals surface area contributed by atoms with E-state index in [1.165, 1.54) is 24.4 Å². The maximum Gasteiger partial charge on any atom is 0.264 e. The summed E-state index contributed by atoms with van der Waals surface area (Å²) in [5.74, 6) is 0. The Morgan fingerprint density at radius 2 is 2.10 bits per heavy atom. The van der Waals surface area contributed by atoms with Crippen molar-refractivity contribution in [2.24, 2.45) is 5.73 Å². The monoisotopic (exact) mass is 341 g/mol. The van der Waals surface area contributed by atoms with Gasteiger partial charge in [0, 0.05) is 11.2 Å². The van der Waals surface area contributed by atoms with Crippen LogP contribution in [-0.4, -0.2) is 18.4 Å². The van der Waals surface area contributed by atoms with Gasteiger partial charge in [-0.15, -0.1) is 0 Å². The van der Waals surface area contributed by atoms with E-state index >= 15 is 0 Å². The van der Waals surface area contributed by atoms with Crippen LogP contribution in [0.25, 0.3) is 0 Å². The minimum Gasteiger partial charge on any atom is -0.388 e. The molecule has 2 aromatic rings. The molecule has 0 unspecified atom stereocenters. The number of anilines is 1. The maximum atomic E-state index is 12.4. The third kappa shape index (κ3) is 3.49. The lowest BCUT2D eigenvalue weighted by Gasteiger charge is -2.11. The molecular formula is C13H12ClN3O2S2. The molecule has 5 nitrogen and oxygen atoms in total. The highest BCUT2D eigenvalue weighted by atomic mass is 35.5. The first kappa shape index (κ1) is 15.7. The summed E-state index contributed by atoms with van der Waals surface area (Å²) >= 11 is 10.8. The Morgan fingerprint density at radius 1 is 1.38 bits per heavy atom. The van der Waals surface area contributed by atoms with Crippen LogP contribution in [0.4, 0.5) is 5.69 Å². The zero-order valence-electron chi connectivity index (χ0n) is 11.0. The molecule has 0 saturated heterocycles. The second kappa shape index (κ2) is 5.97. The molecule has 0 amide bonds. The molecule has 8 heteroatoms. The summed E-state index contributed by atoms with van der Waals surface area (Å²) in [6.07, 6.45) is 1.43. The van der Waals surface area contributed by atoms with E-state index < -0.39 is 10.0 Å². The smallest absolute Gasteiger partial charge is 0.264 e. The fraction of sp³-hybridized carbons (Fsp3) is 0.0769. The van der Waals surface area contributed by atoms with E-state index in [-0.39, 0.29) is 15.6 Å². The number of nitrogens with one attached hydrogen (secondary N) is 1. The Hall–Kier alpha value is -1.70. The van der Waals surface area contributed by atoms with Gasteiger partial charge in [-0.05, 0) is 36.8 Å². The average molecular weight is 342 g/mol. The molecule has 0 aliphatic carbocycles. The van der Waals surface area contributed by atoms with Gasteiger partial charge in [0.2, 0.25) is 0 Å². The van der Waals surface area contributed by atoms with Crippen molar-refractivity contribution in [1.82, 2.24) is 4.98 Å². The average Bonchev–Trinajstić information content (AvgIpc) is 2.42. The Morgan fingerprint density at radius 3 is 2.71 bits per heavy atom. The van der Waals surface area contributed by atoms with Gasteiger partial charge >= 0.3 is 0 Å². The third-order valence-corrected chi connectivity index (χ3v) is 4.73. The van der Waals surface area contributed by atoms with Gasteiger partial charge in [0.05, 0.1) is 5.69 Å². The van der Waals surface area contributed by atoms with E-state index in [4.69, 9.17) is 29.6 Å². The predicted octanol–water partition coefficient (Wildman–Crippen LogP) is 2.48. The van der Waals surface area contributed by atoms with Gasteiger partial charge in [0.15, 0.2) is 0 Å². The lowest BCUT2D eigenvalue weighted by Crippen LogP contribution is -2.21. The number of hydrogen-bond donors (Lipinski definition) is 2. The van der Waals surface area contributed by atoms with E-state index in [1.807, 2.05) is 6.92 Å². The van der Waals surface area contributed by atoms with E-state index in [9.17, 15) is 8.42 Å². The van der Waals surface area contributed by atoms with Gasteiger partial charge < -0.3 is 5.73 Å². The van der Waals surface area contributed by atoms with Crippen LogP contribution in [0.3, 0.4) is 0 Å². The molecule has 1 aromatic heterocycles. The molecule has 0 bridgehead atoms. The van der Waals surface area contributed by atoms with Crippen molar-refractivity contribution < 1.29 is 8.42 Å². The lowest BCUT2D eigenvalue weighted by molar-refractivity contribution is 0.600. The highest BCUT2D eigenvalue weighted by Gasteiger charge is 2.21. The minimum atomic E-state index is -3.86. The number of nitrogens with zero attached hydrogens (tertiary/aromatic N) is 1. The van der Waals surface area contributed by atoms with E-state index in [0.29, 0.717) is 10.7 Å². The highest BCUT2D eigenvalue weighted by molar-refractivity contribution is 7.93. The Balaban J connectivity index is 2.43. The first-order chi connectivity index (χ1) is 9.81. The number of aromatic nitrogens is 1. The molecule has 0 fully saturated rings. The topological polar surface area (TPSA) is 85.1 Å². The molecule has 0 atom stereocenters. The van der Waals surface area contributed by atoms with Gasteiger partial charge in [-0.2, -0.15) is 0 Å². The van der Waals surface area contributed by atoms with Crippen molar-refractivity contribution in [2.45, 2.75) is 11.8 Å². The molecule has 110 valence electrons. The SMILES string of the molecule is Cc1ccc(NS(=O)(=O)c2cccnc2C(N)=S)cc1Cl. The van der Waals surface area contributed by atoms with E-state index in [1.54, 1.807) is 12.1 Å². The van der Waals surface area contributed by atoms with Crippen LogP contribution < -0.4 is 10.5 Å². The summed E-state index contributed by atoms with van der Waals surface area (Å²) in [7, 11) is -3.86. The molecular weight excluding hydrogens is 330 g/mol. The molecule has 21 heavy (non-hydrogen) atoms. The molecule has 2 rings (SSSR count). The van der Waals surface area contributed by atoms with Crippen LogP contribution in [0, 0.1) is 6.92 Å². The van der Waals surface area contributed by atoms with E-state index in [0.717, 1.165) is 5.56 Å². The van der Waals surface area contributed by atoms with Gasteiger partial charge in [-0.1, -0.05) is 29.9 Å². The number of aryl methyl sites for hydroxylation is 1. The summed E-state index contributed by atoms with van der Waals surface area (Å²) in [6, 6.07) is 7.76. The second-order valence-electron chi connectivity index (χ2n) is 4.28. The fourth-order valence-electron chi connectivity index (χ4n) is 1.66. The summed E-state index contributed by atoms with van der Waals surface area (Å²) < 4.78 is 27.3. The molecule has 0 aliphatic rings. The number of halogens is 1. The van der Waals surface area contributed by atoms with Gasteiger partial charge in [-0.25, -0.2) is 8.42 Å². The van der Waals surface area contributed by atoms with Crippen molar-refractivity contribution >= 4 is 44.5 Å². The van der Waals surface area contributed by atoms with Crippen molar-refractivity contribution in [3.63, 3.8) is 0 Å². The Labute approximate surface area is 133 Å². The number of nitrogens with two attached hydrogens (primary N) is 1. The van der Waals surface area contributed by atoms with Gasteiger partial charge in [0.25, 0.3) is 10.0 Å². The molecule has 3 N–H and O–H groups in total. The van der Waals surface area contributed by atoms with Crippen LogP contribution in [0.1, 0.15) is 11.3 Å². The number of hydrogen-bond acceptors (Lipinski definition) is 4. The largest absolute Gasteiger partial charge is 0.388 e. The van der Waals surface area contributed by atoms with Crippen LogP contribution in [0.15, 0.2) is 41.4 Å². The first-order valence-electron chi connectivity index (χ1n) is 5.85. The first-order valence-corrected chi connectivity index (χ1v) is 8.12. The molecule has 0 saturated carbocycles. The quantitative estimate of drug-likeness (QED) is 0.834. The number of pyridine rings is 1. The highest BCUT2D eigenvalue weighted by Crippen LogP contribution is 2.23. The molecule has 1 aromatic carbocycles. The minimum absolute atomic E-state index is 0.0539. The van der Waals surface area contributed by atoms with Crippen LogP contribution in [-0.2, 0) is 10.0 Å². The molecule has 0 aliphatic heterocycles. The normalized spacial score (nSPS) is 11.1. The maximum absolute atomic E-state index is 12.4. The fourth-order valence-corrected chi connectivity index (χ4v) is 3.29. The number of benzene rings is 1. The van der Waals surface area contributed by atoms with Crippen molar-refractivity contribution in [1.29, 1.82) is 0 Å². The summed E-state index contributed by atoms with van der Waals surface area (Å²) in [6.45, 7) is 1.83. The van der Waals surface area contributed by atoms with E-state index in [2.05, 4.69) is 9.71 Å². The van der Waals surface area contributed by atoms with Crippen molar-refractivity contribution in [3.05, 3.63) is 52.8 Å². The molecule has 0 radical (unpaired) electrons. The van der Waals surface area contributed by atoms with Crippen LogP contribution in [0.2, 0.25) is 5.02 Å². The van der Waals surface area contributed by atoms with Gasteiger partial charge in [0.1, 0.15) is 15.6 Å². The Bertz CT molecular complexity index is 807. The second-order valence-corrected chi connectivity index (χ2v) is 6.78. The van der Waals surface area contributed by atoms with Crippen molar-refractivity contribution in [2.75, 3.05) is 4.72 Å². The summed E-state index contributed by atoms with van der Waals surface area (Å²) in [5.41, 5.74) is 6.76. The third-order valence-electron chi connectivity index (χ3n) is 2.72. The standard InChI is InChI=1S/C13H12ClN3O2S2/c1-8-4-5-9(7-10(8)14)17-21(18,19)11-3-2-6-16-12(11)13(15)20/h2-7,17H,1H3,(H2,15,20). The predicted molar refractivity (Wildman–Crippen MR) is 87.1 cm³/mol. The zero-order valence-corrected chi connectivity index (χ0v) is 13.4. The summed E-state index contributed by atoms with van der Waals surface area (Å²) in [4.78, 5) is 3.75. The molecule has 1 heterocycles.